The number of nitriles is 1. The summed E-state index contributed by atoms with van der Waals surface area (Å²) >= 11 is 0. The Balaban J connectivity index is 3.82. The summed E-state index contributed by atoms with van der Waals surface area (Å²) in [5.74, 6) is -1.87. The number of ether oxygens (including phenoxy) is 1. The summed E-state index contributed by atoms with van der Waals surface area (Å²) in [4.78, 5) is 21.7. The van der Waals surface area contributed by atoms with Crippen molar-refractivity contribution in [3.05, 3.63) is 11.8 Å². The van der Waals surface area contributed by atoms with Crippen molar-refractivity contribution in [1.82, 2.24) is 10.6 Å². The predicted octanol–water partition coefficient (Wildman–Crippen LogP) is 0.391. The maximum Gasteiger partial charge on any atom is 0.322 e. The third kappa shape index (κ3) is 9.91. The zero-order valence-corrected chi connectivity index (χ0v) is 11.6. The van der Waals surface area contributed by atoms with Crippen molar-refractivity contribution in [2.45, 2.75) is 26.2 Å². The zero-order chi connectivity index (χ0) is 15.2. The van der Waals surface area contributed by atoms with Gasteiger partial charge in [0, 0.05) is 26.0 Å². The Bertz CT molecular complexity index is 374. The summed E-state index contributed by atoms with van der Waals surface area (Å²) in [5, 5.41) is 22.1. The molecule has 0 rings (SSSR count). The number of hydrogen-bond donors (Lipinski definition) is 3. The highest BCUT2D eigenvalue weighted by atomic mass is 16.5. The number of carbonyl (C=O) groups is 2. The first-order chi connectivity index (χ1) is 9.61. The number of hydrogen-bond acceptors (Lipinski definition) is 5. The SMILES string of the molecule is CCCCOCCCN/C=C(/C#N)C(=O)NCC(=O)O. The van der Waals surface area contributed by atoms with Crippen LogP contribution in [0.5, 0.6) is 0 Å². The maximum absolute atomic E-state index is 11.4. The Labute approximate surface area is 118 Å². The van der Waals surface area contributed by atoms with Gasteiger partial charge < -0.3 is 20.5 Å². The minimum Gasteiger partial charge on any atom is -0.480 e. The lowest BCUT2D eigenvalue weighted by Crippen LogP contribution is -2.30. The van der Waals surface area contributed by atoms with Crippen LogP contribution in [0.25, 0.3) is 0 Å². The van der Waals surface area contributed by atoms with Crippen LogP contribution in [0, 0.1) is 11.3 Å². The van der Waals surface area contributed by atoms with E-state index >= 15 is 0 Å². The molecule has 0 heterocycles. The first-order valence-corrected chi connectivity index (χ1v) is 6.53. The fraction of sp³-hybridized carbons (Fsp3) is 0.615. The number of nitrogens with zero attached hydrogens (tertiary/aromatic N) is 1. The normalized spacial score (nSPS) is 10.7. The Kier molecular flexibility index (Phi) is 10.7. The maximum atomic E-state index is 11.4. The second-order valence-electron chi connectivity index (χ2n) is 4.02. The van der Waals surface area contributed by atoms with E-state index in [1.165, 1.54) is 6.20 Å². The molecular formula is C13H21N3O4. The summed E-state index contributed by atoms with van der Waals surface area (Å²) in [5.41, 5.74) is -0.154. The van der Waals surface area contributed by atoms with Crippen LogP contribution in [0.2, 0.25) is 0 Å². The molecule has 0 aromatic heterocycles. The van der Waals surface area contributed by atoms with Crippen LogP contribution >= 0.6 is 0 Å². The van der Waals surface area contributed by atoms with Gasteiger partial charge in [0.25, 0.3) is 5.91 Å². The van der Waals surface area contributed by atoms with Crippen LogP contribution in [0.3, 0.4) is 0 Å². The topological polar surface area (TPSA) is 111 Å². The third-order valence-corrected chi connectivity index (χ3v) is 2.26. The first-order valence-electron chi connectivity index (χ1n) is 6.53. The molecule has 3 N–H and O–H groups in total. The minimum atomic E-state index is -1.16. The van der Waals surface area contributed by atoms with E-state index in [1.807, 2.05) is 0 Å². The van der Waals surface area contributed by atoms with E-state index in [4.69, 9.17) is 15.1 Å². The first kappa shape index (κ1) is 17.9. The Morgan fingerprint density at radius 1 is 1.35 bits per heavy atom. The van der Waals surface area contributed by atoms with Crippen LogP contribution in [0.1, 0.15) is 26.2 Å². The van der Waals surface area contributed by atoms with E-state index in [0.29, 0.717) is 13.2 Å². The molecular weight excluding hydrogens is 262 g/mol. The molecule has 0 aliphatic carbocycles. The van der Waals surface area contributed by atoms with Gasteiger partial charge in [-0.1, -0.05) is 13.3 Å². The molecule has 0 saturated heterocycles. The second kappa shape index (κ2) is 12.0. The van der Waals surface area contributed by atoms with E-state index in [9.17, 15) is 9.59 Å². The Hall–Kier alpha value is -2.07. The van der Waals surface area contributed by atoms with Gasteiger partial charge in [0.15, 0.2) is 0 Å². The molecule has 1 amide bonds. The fourth-order valence-electron chi connectivity index (χ4n) is 1.20. The van der Waals surface area contributed by atoms with Crippen LogP contribution in [0.4, 0.5) is 0 Å². The molecule has 0 atom stereocenters. The van der Waals surface area contributed by atoms with Gasteiger partial charge in [-0.15, -0.1) is 0 Å². The summed E-state index contributed by atoms with van der Waals surface area (Å²) in [7, 11) is 0. The van der Waals surface area contributed by atoms with Gasteiger partial charge in [-0.2, -0.15) is 5.26 Å². The standard InChI is InChI=1S/C13H21N3O4/c1-2-3-6-20-7-4-5-15-9-11(8-14)13(19)16-10-12(17)18/h9,15H,2-7,10H2,1H3,(H,16,19)(H,17,18)/b11-9-. The molecule has 0 fully saturated rings. The highest BCUT2D eigenvalue weighted by molar-refractivity contribution is 5.98. The van der Waals surface area contributed by atoms with Gasteiger partial charge in [-0.05, 0) is 12.8 Å². The average molecular weight is 283 g/mol. The summed E-state index contributed by atoms with van der Waals surface area (Å²) in [6.45, 7) is 3.52. The number of carboxylic acids is 1. The minimum absolute atomic E-state index is 0.154. The van der Waals surface area contributed by atoms with Crippen molar-refractivity contribution in [2.24, 2.45) is 0 Å². The van der Waals surface area contributed by atoms with Crippen molar-refractivity contribution in [3.63, 3.8) is 0 Å². The number of carboxylic acid groups (broad SMARTS) is 1. The monoisotopic (exact) mass is 283 g/mol. The van der Waals surface area contributed by atoms with E-state index in [0.717, 1.165) is 25.9 Å². The largest absolute Gasteiger partial charge is 0.480 e. The van der Waals surface area contributed by atoms with Gasteiger partial charge in [0.2, 0.25) is 0 Å². The molecule has 0 aromatic rings. The lowest BCUT2D eigenvalue weighted by molar-refractivity contribution is -0.137. The molecule has 0 aromatic carbocycles. The molecule has 0 aliphatic heterocycles. The Morgan fingerprint density at radius 3 is 2.65 bits per heavy atom. The van der Waals surface area contributed by atoms with Crippen LogP contribution in [-0.2, 0) is 14.3 Å². The smallest absolute Gasteiger partial charge is 0.322 e. The number of nitrogens with one attached hydrogen (secondary N) is 2. The van der Waals surface area contributed by atoms with Crippen molar-refractivity contribution < 1.29 is 19.4 Å². The number of amides is 1. The van der Waals surface area contributed by atoms with Crippen molar-refractivity contribution in [2.75, 3.05) is 26.3 Å². The molecule has 0 radical (unpaired) electrons. The molecule has 0 unspecified atom stereocenters. The molecule has 7 heteroatoms. The third-order valence-electron chi connectivity index (χ3n) is 2.26. The quantitative estimate of drug-likeness (QED) is 0.287. The molecule has 7 nitrogen and oxygen atoms in total. The van der Waals surface area contributed by atoms with Crippen LogP contribution < -0.4 is 10.6 Å². The average Bonchev–Trinajstić information content (AvgIpc) is 2.43. The van der Waals surface area contributed by atoms with Crippen LogP contribution in [-0.4, -0.2) is 43.3 Å². The van der Waals surface area contributed by atoms with Gasteiger partial charge in [0.1, 0.15) is 18.2 Å². The highest BCUT2D eigenvalue weighted by Crippen LogP contribution is 1.91. The van der Waals surface area contributed by atoms with Gasteiger partial charge in [0.05, 0.1) is 0 Å². The molecule has 0 bridgehead atoms. The number of unbranched alkanes of at least 4 members (excludes halogenated alkanes) is 1. The Morgan fingerprint density at radius 2 is 2.05 bits per heavy atom. The number of carbonyl (C=O) groups excluding carboxylic acids is 1. The molecule has 0 saturated carbocycles. The highest BCUT2D eigenvalue weighted by Gasteiger charge is 2.09. The summed E-state index contributed by atoms with van der Waals surface area (Å²) in [6, 6.07) is 1.71. The van der Waals surface area contributed by atoms with Gasteiger partial charge in [-0.25, -0.2) is 0 Å². The number of aliphatic carboxylic acids is 1. The van der Waals surface area contributed by atoms with Crippen molar-refractivity contribution in [3.8, 4) is 6.07 Å². The molecule has 0 aliphatic rings. The van der Waals surface area contributed by atoms with E-state index in [-0.39, 0.29) is 5.57 Å². The van der Waals surface area contributed by atoms with Crippen molar-refractivity contribution >= 4 is 11.9 Å². The zero-order valence-electron chi connectivity index (χ0n) is 11.6. The predicted molar refractivity (Wildman–Crippen MR) is 72.7 cm³/mol. The van der Waals surface area contributed by atoms with Crippen molar-refractivity contribution in [1.29, 1.82) is 5.26 Å². The van der Waals surface area contributed by atoms with Gasteiger partial charge >= 0.3 is 5.97 Å². The van der Waals surface area contributed by atoms with E-state index < -0.39 is 18.4 Å². The molecule has 0 spiro atoms. The molecule has 20 heavy (non-hydrogen) atoms. The lowest BCUT2D eigenvalue weighted by atomic mass is 10.3. The second-order valence-corrected chi connectivity index (χ2v) is 4.02. The summed E-state index contributed by atoms with van der Waals surface area (Å²) in [6.07, 6.45) is 4.17. The number of rotatable bonds is 11. The molecule has 112 valence electrons. The fourth-order valence-corrected chi connectivity index (χ4v) is 1.20. The van der Waals surface area contributed by atoms with E-state index in [2.05, 4.69) is 17.6 Å². The van der Waals surface area contributed by atoms with E-state index in [1.54, 1.807) is 6.07 Å². The lowest BCUT2D eigenvalue weighted by Gasteiger charge is -2.04. The summed E-state index contributed by atoms with van der Waals surface area (Å²) < 4.78 is 5.35. The van der Waals surface area contributed by atoms with Crippen LogP contribution in [0.15, 0.2) is 11.8 Å². The van der Waals surface area contributed by atoms with Gasteiger partial charge in [-0.3, -0.25) is 9.59 Å².